The predicted molar refractivity (Wildman–Crippen MR) is 51.1 cm³/mol. The second-order valence-corrected chi connectivity index (χ2v) is 3.83. The van der Waals surface area contributed by atoms with Crippen LogP contribution in [-0.2, 0) is 0 Å². The molecule has 0 aromatic heterocycles. The van der Waals surface area contributed by atoms with Crippen LogP contribution in [0.1, 0.15) is 52.9 Å². The number of hydrogen-bond donors (Lipinski definition) is 2. The smallest absolute Gasteiger partial charge is 0.0618 e. The lowest BCUT2D eigenvalue weighted by molar-refractivity contribution is 0.0275. The van der Waals surface area contributed by atoms with Crippen LogP contribution in [0.5, 0.6) is 0 Å². The highest BCUT2D eigenvalue weighted by atomic mass is 16.3. The van der Waals surface area contributed by atoms with E-state index >= 15 is 0 Å². The minimum atomic E-state index is -0.589. The van der Waals surface area contributed by atoms with Crippen LogP contribution >= 0.6 is 0 Å². The molecule has 2 heteroatoms. The van der Waals surface area contributed by atoms with E-state index in [1.54, 1.807) is 0 Å². The maximum atomic E-state index is 9.63. The lowest BCUT2D eigenvalue weighted by atomic mass is 9.94. The Bertz CT molecular complexity index is 110. The Morgan fingerprint density at radius 2 is 1.83 bits per heavy atom. The first-order chi connectivity index (χ1) is 5.52. The van der Waals surface area contributed by atoms with Crippen LogP contribution in [0.4, 0.5) is 0 Å². The summed E-state index contributed by atoms with van der Waals surface area (Å²) in [4.78, 5) is 0. The molecule has 12 heavy (non-hydrogen) atoms. The van der Waals surface area contributed by atoms with Gasteiger partial charge in [0.05, 0.1) is 11.7 Å². The third kappa shape index (κ3) is 5.56. The highest BCUT2D eigenvalue weighted by Gasteiger charge is 2.18. The van der Waals surface area contributed by atoms with Gasteiger partial charge in [-0.2, -0.15) is 0 Å². The van der Waals surface area contributed by atoms with Gasteiger partial charge in [-0.05, 0) is 32.6 Å². The summed E-state index contributed by atoms with van der Waals surface area (Å²) in [5.41, 5.74) is -0.589. The van der Waals surface area contributed by atoms with Gasteiger partial charge in [-0.15, -0.1) is 0 Å². The second-order valence-electron chi connectivity index (χ2n) is 3.83. The molecular formula is C10H22O2. The maximum absolute atomic E-state index is 9.63. The van der Waals surface area contributed by atoms with E-state index in [2.05, 4.69) is 6.92 Å². The quantitative estimate of drug-likeness (QED) is 0.647. The fourth-order valence-corrected chi connectivity index (χ4v) is 1.13. The summed E-state index contributed by atoms with van der Waals surface area (Å²) < 4.78 is 0. The van der Waals surface area contributed by atoms with E-state index in [1.165, 1.54) is 0 Å². The fraction of sp³-hybridized carbons (Fsp3) is 1.00. The average Bonchev–Trinajstić information content (AvgIpc) is 2.02. The highest BCUT2D eigenvalue weighted by Crippen LogP contribution is 2.18. The minimum absolute atomic E-state index is 0.229. The summed E-state index contributed by atoms with van der Waals surface area (Å²) in [6.45, 7) is 5.85. The minimum Gasteiger partial charge on any atom is -0.393 e. The number of rotatable bonds is 6. The van der Waals surface area contributed by atoms with Gasteiger partial charge in [-0.25, -0.2) is 0 Å². The van der Waals surface area contributed by atoms with Crippen molar-refractivity contribution in [1.82, 2.24) is 0 Å². The first kappa shape index (κ1) is 11.9. The van der Waals surface area contributed by atoms with E-state index in [1.807, 2.05) is 13.8 Å². The first-order valence-corrected chi connectivity index (χ1v) is 4.92. The Morgan fingerprint density at radius 1 is 1.25 bits per heavy atom. The van der Waals surface area contributed by atoms with Crippen molar-refractivity contribution in [2.24, 2.45) is 0 Å². The van der Waals surface area contributed by atoms with Gasteiger partial charge >= 0.3 is 0 Å². The predicted octanol–water partition coefficient (Wildman–Crippen LogP) is 2.09. The Morgan fingerprint density at radius 3 is 2.25 bits per heavy atom. The fourth-order valence-electron chi connectivity index (χ4n) is 1.13. The molecule has 0 heterocycles. The van der Waals surface area contributed by atoms with Gasteiger partial charge in [0.25, 0.3) is 0 Å². The zero-order valence-corrected chi connectivity index (χ0v) is 8.51. The molecule has 2 N–H and O–H groups in total. The first-order valence-electron chi connectivity index (χ1n) is 4.92. The second kappa shape index (κ2) is 5.55. The summed E-state index contributed by atoms with van der Waals surface area (Å²) in [6.07, 6.45) is 3.80. The van der Waals surface area contributed by atoms with Crippen molar-refractivity contribution < 1.29 is 10.2 Å². The molecule has 2 unspecified atom stereocenters. The van der Waals surface area contributed by atoms with Crippen LogP contribution in [0.2, 0.25) is 0 Å². The van der Waals surface area contributed by atoms with Gasteiger partial charge in [-0.3, -0.25) is 0 Å². The van der Waals surface area contributed by atoms with E-state index in [0.717, 1.165) is 19.3 Å². The zero-order chi connectivity index (χ0) is 9.61. The molecule has 0 aliphatic rings. The van der Waals surface area contributed by atoms with Gasteiger partial charge in [0.2, 0.25) is 0 Å². The van der Waals surface area contributed by atoms with Crippen LogP contribution in [-0.4, -0.2) is 21.9 Å². The van der Waals surface area contributed by atoms with Crippen molar-refractivity contribution in [2.45, 2.75) is 64.6 Å². The zero-order valence-electron chi connectivity index (χ0n) is 8.51. The molecular weight excluding hydrogens is 152 g/mol. The molecule has 2 atom stereocenters. The van der Waals surface area contributed by atoms with Gasteiger partial charge in [-0.1, -0.05) is 20.3 Å². The third-order valence-corrected chi connectivity index (χ3v) is 2.40. The SMILES string of the molecule is CCCC(O)CCC(C)(O)CC. The molecule has 0 radical (unpaired) electrons. The van der Waals surface area contributed by atoms with Crippen LogP contribution in [0.15, 0.2) is 0 Å². The Labute approximate surface area is 75.6 Å². The van der Waals surface area contributed by atoms with Gasteiger partial charge in [0.1, 0.15) is 0 Å². The topological polar surface area (TPSA) is 40.5 Å². The Hall–Kier alpha value is -0.0800. The largest absolute Gasteiger partial charge is 0.393 e. The number of hydrogen-bond acceptors (Lipinski definition) is 2. The normalized spacial score (nSPS) is 18.8. The highest BCUT2D eigenvalue weighted by molar-refractivity contribution is 4.71. The lowest BCUT2D eigenvalue weighted by Gasteiger charge is -2.22. The molecule has 0 fully saturated rings. The van der Waals surface area contributed by atoms with E-state index < -0.39 is 5.60 Å². The molecule has 0 spiro atoms. The summed E-state index contributed by atoms with van der Waals surface area (Å²) >= 11 is 0. The average molecular weight is 174 g/mol. The van der Waals surface area contributed by atoms with Gasteiger partial charge in [0.15, 0.2) is 0 Å². The van der Waals surface area contributed by atoms with Crippen molar-refractivity contribution in [3.8, 4) is 0 Å². The van der Waals surface area contributed by atoms with E-state index in [-0.39, 0.29) is 6.10 Å². The number of aliphatic hydroxyl groups is 2. The Kier molecular flexibility index (Phi) is 5.51. The third-order valence-electron chi connectivity index (χ3n) is 2.40. The molecule has 74 valence electrons. The monoisotopic (exact) mass is 174 g/mol. The van der Waals surface area contributed by atoms with Gasteiger partial charge in [0, 0.05) is 0 Å². The molecule has 0 aliphatic carbocycles. The lowest BCUT2D eigenvalue weighted by Crippen LogP contribution is -2.24. The number of aliphatic hydroxyl groups excluding tert-OH is 1. The van der Waals surface area contributed by atoms with Crippen LogP contribution < -0.4 is 0 Å². The van der Waals surface area contributed by atoms with E-state index in [0.29, 0.717) is 12.8 Å². The van der Waals surface area contributed by atoms with Crippen molar-refractivity contribution in [1.29, 1.82) is 0 Å². The van der Waals surface area contributed by atoms with Gasteiger partial charge < -0.3 is 10.2 Å². The van der Waals surface area contributed by atoms with Crippen LogP contribution in [0.25, 0.3) is 0 Å². The summed E-state index contributed by atoms with van der Waals surface area (Å²) in [7, 11) is 0. The van der Waals surface area contributed by atoms with E-state index in [4.69, 9.17) is 0 Å². The molecule has 0 aromatic carbocycles. The standard InChI is InChI=1S/C10H22O2/c1-4-6-9(11)7-8-10(3,12)5-2/h9,11-12H,4-8H2,1-3H3. The van der Waals surface area contributed by atoms with Crippen molar-refractivity contribution in [3.63, 3.8) is 0 Å². The molecule has 0 aromatic rings. The van der Waals surface area contributed by atoms with E-state index in [9.17, 15) is 10.2 Å². The molecule has 0 saturated heterocycles. The molecule has 0 saturated carbocycles. The maximum Gasteiger partial charge on any atom is 0.0618 e. The van der Waals surface area contributed by atoms with Crippen LogP contribution in [0, 0.1) is 0 Å². The van der Waals surface area contributed by atoms with Crippen molar-refractivity contribution in [3.05, 3.63) is 0 Å². The summed E-state index contributed by atoms with van der Waals surface area (Å²) in [6, 6.07) is 0. The van der Waals surface area contributed by atoms with Crippen LogP contribution in [0.3, 0.4) is 0 Å². The van der Waals surface area contributed by atoms with Crippen molar-refractivity contribution in [2.75, 3.05) is 0 Å². The van der Waals surface area contributed by atoms with Crippen molar-refractivity contribution >= 4 is 0 Å². The molecule has 0 aliphatic heterocycles. The Balaban J connectivity index is 3.52. The molecule has 0 rings (SSSR count). The molecule has 0 bridgehead atoms. The summed E-state index contributed by atoms with van der Waals surface area (Å²) in [5, 5.41) is 19.0. The summed E-state index contributed by atoms with van der Waals surface area (Å²) in [5.74, 6) is 0. The molecule has 2 nitrogen and oxygen atoms in total. The molecule has 0 amide bonds.